The highest BCUT2D eigenvalue weighted by atomic mass is 79.9. The Morgan fingerprint density at radius 1 is 1.00 bits per heavy atom. The summed E-state index contributed by atoms with van der Waals surface area (Å²) in [6, 6.07) is 14.7. The van der Waals surface area contributed by atoms with Crippen molar-refractivity contribution in [3.63, 3.8) is 0 Å². The van der Waals surface area contributed by atoms with Crippen LogP contribution in [0.4, 0.5) is 0 Å². The number of carboxylic acid groups (broad SMARTS) is 1. The van der Waals surface area contributed by atoms with Gasteiger partial charge in [0.15, 0.2) is 0 Å². The number of rotatable bonds is 5. The van der Waals surface area contributed by atoms with Crippen LogP contribution in [0.25, 0.3) is 0 Å². The van der Waals surface area contributed by atoms with Crippen LogP contribution in [-0.4, -0.2) is 11.1 Å². The smallest absolute Gasteiger partial charge is 0.336 e. The Morgan fingerprint density at radius 2 is 1.58 bits per heavy atom. The number of hydrogen-bond acceptors (Lipinski definition) is 2. The molecule has 0 saturated carbocycles. The van der Waals surface area contributed by atoms with Crippen LogP contribution in [0, 0.1) is 0 Å². The maximum Gasteiger partial charge on any atom is 0.336 e. The molecule has 3 nitrogen and oxygen atoms in total. The third-order valence-electron chi connectivity index (χ3n) is 2.72. The molecule has 2 aromatic carbocycles. The zero-order valence-electron chi connectivity index (χ0n) is 10.2. The van der Waals surface area contributed by atoms with Crippen LogP contribution in [0.5, 0.6) is 0 Å². The molecule has 0 unspecified atom stereocenters. The molecule has 0 atom stereocenters. The molecule has 0 spiro atoms. The largest absolute Gasteiger partial charge is 0.478 e. The number of benzene rings is 2. The number of halogens is 1. The summed E-state index contributed by atoms with van der Waals surface area (Å²) in [7, 11) is 0. The minimum absolute atomic E-state index is 0.282. The van der Waals surface area contributed by atoms with E-state index >= 15 is 0 Å². The fraction of sp³-hybridized carbons (Fsp3) is 0.133. The summed E-state index contributed by atoms with van der Waals surface area (Å²) in [6.07, 6.45) is 0. The van der Waals surface area contributed by atoms with Crippen LogP contribution in [-0.2, 0) is 18.0 Å². The van der Waals surface area contributed by atoms with Crippen LogP contribution < -0.4 is 0 Å². The normalized spacial score (nSPS) is 10.4. The van der Waals surface area contributed by atoms with Crippen molar-refractivity contribution in [1.82, 2.24) is 0 Å². The summed E-state index contributed by atoms with van der Waals surface area (Å²) in [4.78, 5) is 11.0. The summed E-state index contributed by atoms with van der Waals surface area (Å²) in [5.74, 6) is -0.930. The van der Waals surface area contributed by atoms with Crippen molar-refractivity contribution in [2.75, 3.05) is 0 Å². The van der Waals surface area contributed by atoms with E-state index in [1.54, 1.807) is 18.2 Å². The van der Waals surface area contributed by atoms with Crippen LogP contribution in [0.2, 0.25) is 0 Å². The first-order chi connectivity index (χ1) is 9.18. The first-order valence-electron chi connectivity index (χ1n) is 5.81. The van der Waals surface area contributed by atoms with Gasteiger partial charge in [0, 0.05) is 4.47 Å². The molecule has 0 saturated heterocycles. The minimum atomic E-state index is -0.930. The lowest BCUT2D eigenvalue weighted by Gasteiger charge is -2.08. The van der Waals surface area contributed by atoms with E-state index in [-0.39, 0.29) is 12.2 Å². The number of carbonyl (C=O) groups is 1. The predicted octanol–water partition coefficient (Wildman–Crippen LogP) is 3.86. The molecule has 0 aliphatic heterocycles. The maximum atomic E-state index is 11.0. The van der Waals surface area contributed by atoms with Crippen molar-refractivity contribution in [3.05, 3.63) is 69.7 Å². The van der Waals surface area contributed by atoms with Gasteiger partial charge in [-0.15, -0.1) is 0 Å². The second kappa shape index (κ2) is 6.50. The van der Waals surface area contributed by atoms with Gasteiger partial charge in [0.25, 0.3) is 0 Å². The molecular weight excluding hydrogens is 308 g/mol. The van der Waals surface area contributed by atoms with Gasteiger partial charge >= 0.3 is 5.97 Å². The Hall–Kier alpha value is -1.65. The Balaban J connectivity index is 2.00. The zero-order chi connectivity index (χ0) is 13.7. The van der Waals surface area contributed by atoms with Crippen LogP contribution >= 0.6 is 15.9 Å². The van der Waals surface area contributed by atoms with E-state index in [0.717, 1.165) is 10.0 Å². The SMILES string of the molecule is O=C(O)c1ccccc1COCc1ccccc1Br. The topological polar surface area (TPSA) is 46.5 Å². The summed E-state index contributed by atoms with van der Waals surface area (Å²) < 4.78 is 6.57. The van der Waals surface area contributed by atoms with E-state index in [4.69, 9.17) is 9.84 Å². The van der Waals surface area contributed by atoms with E-state index in [0.29, 0.717) is 12.2 Å². The highest BCUT2D eigenvalue weighted by molar-refractivity contribution is 9.10. The lowest BCUT2D eigenvalue weighted by atomic mass is 10.1. The van der Waals surface area contributed by atoms with Gasteiger partial charge in [0.05, 0.1) is 18.8 Å². The second-order valence-electron chi connectivity index (χ2n) is 4.05. The Kier molecular flexibility index (Phi) is 4.71. The van der Waals surface area contributed by atoms with Crippen LogP contribution in [0.15, 0.2) is 53.0 Å². The van der Waals surface area contributed by atoms with Gasteiger partial charge in [0.1, 0.15) is 0 Å². The van der Waals surface area contributed by atoms with E-state index in [2.05, 4.69) is 15.9 Å². The third-order valence-corrected chi connectivity index (χ3v) is 3.49. The molecule has 4 heteroatoms. The molecule has 0 aromatic heterocycles. The van der Waals surface area contributed by atoms with Gasteiger partial charge in [-0.1, -0.05) is 52.3 Å². The van der Waals surface area contributed by atoms with Crippen molar-refractivity contribution in [2.24, 2.45) is 0 Å². The molecule has 2 aromatic rings. The molecule has 0 radical (unpaired) electrons. The molecule has 0 fully saturated rings. The monoisotopic (exact) mass is 320 g/mol. The van der Waals surface area contributed by atoms with Gasteiger partial charge < -0.3 is 9.84 Å². The highest BCUT2D eigenvalue weighted by Crippen LogP contribution is 2.18. The molecule has 0 aliphatic carbocycles. The molecule has 98 valence electrons. The molecule has 0 heterocycles. The van der Waals surface area contributed by atoms with Crippen molar-refractivity contribution >= 4 is 21.9 Å². The first-order valence-corrected chi connectivity index (χ1v) is 6.60. The van der Waals surface area contributed by atoms with Crippen LogP contribution in [0.3, 0.4) is 0 Å². The zero-order valence-corrected chi connectivity index (χ0v) is 11.8. The lowest BCUT2D eigenvalue weighted by molar-refractivity contribution is 0.0684. The summed E-state index contributed by atoms with van der Waals surface area (Å²) in [5, 5.41) is 9.06. The average Bonchev–Trinajstić information content (AvgIpc) is 2.41. The van der Waals surface area contributed by atoms with Gasteiger partial charge in [-0.25, -0.2) is 4.79 Å². The number of hydrogen-bond donors (Lipinski definition) is 1. The molecule has 19 heavy (non-hydrogen) atoms. The maximum absolute atomic E-state index is 11.0. The van der Waals surface area contributed by atoms with E-state index in [1.807, 2.05) is 30.3 Å². The third kappa shape index (κ3) is 3.66. The predicted molar refractivity (Wildman–Crippen MR) is 76.0 cm³/mol. The average molecular weight is 321 g/mol. The Morgan fingerprint density at radius 3 is 2.26 bits per heavy atom. The highest BCUT2D eigenvalue weighted by Gasteiger charge is 2.09. The Bertz CT molecular complexity index is 581. The number of ether oxygens (including phenoxy) is 1. The lowest BCUT2D eigenvalue weighted by Crippen LogP contribution is -2.04. The summed E-state index contributed by atoms with van der Waals surface area (Å²) in [5.41, 5.74) is 2.01. The number of carboxylic acids is 1. The van der Waals surface area contributed by atoms with Crippen LogP contribution in [0.1, 0.15) is 21.5 Å². The van der Waals surface area contributed by atoms with E-state index in [1.165, 1.54) is 0 Å². The molecule has 2 rings (SSSR count). The van der Waals surface area contributed by atoms with Gasteiger partial charge in [-0.05, 0) is 23.3 Å². The molecule has 0 aliphatic rings. The number of aromatic carboxylic acids is 1. The minimum Gasteiger partial charge on any atom is -0.478 e. The van der Waals surface area contributed by atoms with E-state index < -0.39 is 5.97 Å². The van der Waals surface area contributed by atoms with Crippen molar-refractivity contribution in [1.29, 1.82) is 0 Å². The molecule has 1 N–H and O–H groups in total. The van der Waals surface area contributed by atoms with Gasteiger partial charge in [-0.3, -0.25) is 0 Å². The van der Waals surface area contributed by atoms with Crippen molar-refractivity contribution in [3.8, 4) is 0 Å². The Labute approximate surface area is 120 Å². The fourth-order valence-electron chi connectivity index (χ4n) is 1.74. The fourth-order valence-corrected chi connectivity index (χ4v) is 2.14. The summed E-state index contributed by atoms with van der Waals surface area (Å²) in [6.45, 7) is 0.721. The summed E-state index contributed by atoms with van der Waals surface area (Å²) >= 11 is 3.45. The molecule has 0 amide bonds. The molecular formula is C15H13BrO3. The van der Waals surface area contributed by atoms with Crippen molar-refractivity contribution < 1.29 is 14.6 Å². The second-order valence-corrected chi connectivity index (χ2v) is 4.90. The van der Waals surface area contributed by atoms with E-state index in [9.17, 15) is 4.79 Å². The van der Waals surface area contributed by atoms with Gasteiger partial charge in [0.2, 0.25) is 0 Å². The van der Waals surface area contributed by atoms with Crippen molar-refractivity contribution in [2.45, 2.75) is 13.2 Å². The van der Waals surface area contributed by atoms with Gasteiger partial charge in [-0.2, -0.15) is 0 Å². The quantitative estimate of drug-likeness (QED) is 0.909. The standard InChI is InChI=1S/C15H13BrO3/c16-14-8-4-2-6-12(14)10-19-9-11-5-1-3-7-13(11)15(17)18/h1-8H,9-10H2,(H,17,18). The first kappa shape index (κ1) is 13.8. The molecule has 0 bridgehead atoms.